The fourth-order valence-electron chi connectivity index (χ4n) is 3.81. The summed E-state index contributed by atoms with van der Waals surface area (Å²) in [6.45, 7) is 2.36. The van der Waals surface area contributed by atoms with Crippen LogP contribution in [-0.2, 0) is 5.41 Å². The zero-order valence-corrected chi connectivity index (χ0v) is 12.3. The zero-order chi connectivity index (χ0) is 14.0. The molecule has 0 aromatic heterocycles. The number of nitriles is 1. The first-order valence-electron chi connectivity index (χ1n) is 7.95. The lowest BCUT2D eigenvalue weighted by atomic mass is 9.62. The lowest BCUT2D eigenvalue weighted by molar-refractivity contribution is 0.184. The van der Waals surface area contributed by atoms with Crippen LogP contribution in [0.15, 0.2) is 30.3 Å². The van der Waals surface area contributed by atoms with Crippen LogP contribution < -0.4 is 5.32 Å². The molecule has 1 N–H and O–H groups in total. The first kappa shape index (κ1) is 13.6. The van der Waals surface area contributed by atoms with Crippen molar-refractivity contribution in [2.24, 2.45) is 5.92 Å². The maximum atomic E-state index is 9.57. The molecule has 1 aromatic carbocycles. The minimum absolute atomic E-state index is 0.235. The minimum atomic E-state index is -0.235. The molecule has 0 spiro atoms. The summed E-state index contributed by atoms with van der Waals surface area (Å²) in [5, 5.41) is 13.4. The number of nitrogens with zero attached hydrogens (tertiary/aromatic N) is 1. The van der Waals surface area contributed by atoms with Gasteiger partial charge in [-0.05, 0) is 50.0 Å². The molecule has 0 amide bonds. The van der Waals surface area contributed by atoms with E-state index in [1.165, 1.54) is 31.2 Å². The molecular weight excluding hydrogens is 244 g/mol. The van der Waals surface area contributed by atoms with Gasteiger partial charge in [-0.1, -0.05) is 37.3 Å². The number of hydrogen-bond donors (Lipinski definition) is 1. The Kier molecular flexibility index (Phi) is 3.81. The van der Waals surface area contributed by atoms with E-state index in [0.29, 0.717) is 12.1 Å². The third kappa shape index (κ3) is 2.60. The van der Waals surface area contributed by atoms with Crippen molar-refractivity contribution in [1.82, 2.24) is 5.32 Å². The molecule has 106 valence electrons. The van der Waals surface area contributed by atoms with Gasteiger partial charge in [0.1, 0.15) is 0 Å². The summed E-state index contributed by atoms with van der Waals surface area (Å²) < 4.78 is 0. The normalized spacial score (nSPS) is 36.9. The molecule has 2 aliphatic rings. The molecule has 0 unspecified atom stereocenters. The predicted octanol–water partition coefficient (Wildman–Crippen LogP) is 3.78. The fraction of sp³-hybridized carbons (Fsp3) is 0.611. The van der Waals surface area contributed by atoms with Gasteiger partial charge in [0.15, 0.2) is 0 Å². The van der Waals surface area contributed by atoms with Gasteiger partial charge in [0, 0.05) is 12.1 Å². The Balaban J connectivity index is 1.56. The summed E-state index contributed by atoms with van der Waals surface area (Å²) in [6.07, 6.45) is 7.27. The SMILES string of the molecule is CC1CCC(NC2CC(C#N)(c3ccccc3)C2)CC1. The molecule has 0 atom stereocenters. The summed E-state index contributed by atoms with van der Waals surface area (Å²) in [4.78, 5) is 0. The van der Waals surface area contributed by atoms with Crippen molar-refractivity contribution in [1.29, 1.82) is 5.26 Å². The van der Waals surface area contributed by atoms with Crippen molar-refractivity contribution >= 4 is 0 Å². The second-order valence-corrected chi connectivity index (χ2v) is 6.79. The molecule has 0 heterocycles. The number of nitrogens with one attached hydrogen (secondary N) is 1. The third-order valence-corrected chi connectivity index (χ3v) is 5.22. The number of rotatable bonds is 3. The Morgan fingerprint density at radius 2 is 1.70 bits per heavy atom. The highest BCUT2D eigenvalue weighted by Crippen LogP contribution is 2.43. The van der Waals surface area contributed by atoms with Crippen LogP contribution in [0.3, 0.4) is 0 Å². The highest BCUT2D eigenvalue weighted by Gasteiger charge is 2.46. The lowest BCUT2D eigenvalue weighted by Crippen LogP contribution is -2.54. The van der Waals surface area contributed by atoms with Crippen LogP contribution in [-0.4, -0.2) is 12.1 Å². The molecule has 2 fully saturated rings. The van der Waals surface area contributed by atoms with Crippen molar-refractivity contribution in [3.05, 3.63) is 35.9 Å². The molecule has 0 radical (unpaired) electrons. The first-order chi connectivity index (χ1) is 9.72. The van der Waals surface area contributed by atoms with Gasteiger partial charge in [-0.25, -0.2) is 0 Å². The molecule has 2 heteroatoms. The van der Waals surface area contributed by atoms with Gasteiger partial charge in [-0.3, -0.25) is 0 Å². The van der Waals surface area contributed by atoms with Gasteiger partial charge >= 0.3 is 0 Å². The Morgan fingerprint density at radius 1 is 1.05 bits per heavy atom. The van der Waals surface area contributed by atoms with Gasteiger partial charge in [-0.2, -0.15) is 5.26 Å². The monoisotopic (exact) mass is 268 g/mol. The molecule has 2 aliphatic carbocycles. The van der Waals surface area contributed by atoms with Crippen LogP contribution in [0.1, 0.15) is 51.0 Å². The molecule has 1 aromatic rings. The van der Waals surface area contributed by atoms with Crippen molar-refractivity contribution in [2.75, 3.05) is 0 Å². The van der Waals surface area contributed by atoms with Crippen molar-refractivity contribution in [2.45, 2.75) is 62.9 Å². The lowest BCUT2D eigenvalue weighted by Gasteiger charge is -2.45. The molecule has 0 aliphatic heterocycles. The summed E-state index contributed by atoms with van der Waals surface area (Å²) in [5.74, 6) is 0.900. The standard InChI is InChI=1S/C18H24N2/c1-14-7-9-16(10-8-14)20-17-11-18(12-17,13-19)15-5-3-2-4-6-15/h2-6,14,16-17,20H,7-12H2,1H3. The molecule has 0 bridgehead atoms. The van der Waals surface area contributed by atoms with E-state index >= 15 is 0 Å². The van der Waals surface area contributed by atoms with E-state index in [4.69, 9.17) is 0 Å². The maximum absolute atomic E-state index is 9.57. The first-order valence-corrected chi connectivity index (χ1v) is 7.95. The van der Waals surface area contributed by atoms with Crippen LogP contribution in [0.4, 0.5) is 0 Å². The van der Waals surface area contributed by atoms with Gasteiger partial charge in [0.25, 0.3) is 0 Å². The van der Waals surface area contributed by atoms with Gasteiger partial charge < -0.3 is 5.32 Å². The van der Waals surface area contributed by atoms with Crippen LogP contribution in [0.2, 0.25) is 0 Å². The Bertz CT molecular complexity index is 474. The molecule has 20 heavy (non-hydrogen) atoms. The number of benzene rings is 1. The van der Waals surface area contributed by atoms with Crippen LogP contribution in [0.5, 0.6) is 0 Å². The van der Waals surface area contributed by atoms with Gasteiger partial charge in [0.2, 0.25) is 0 Å². The van der Waals surface area contributed by atoms with Crippen LogP contribution >= 0.6 is 0 Å². The highest BCUT2D eigenvalue weighted by molar-refractivity contribution is 5.36. The molecule has 0 saturated heterocycles. The summed E-state index contributed by atoms with van der Waals surface area (Å²) in [5.41, 5.74) is 0.957. The Hall–Kier alpha value is -1.33. The second-order valence-electron chi connectivity index (χ2n) is 6.79. The van der Waals surface area contributed by atoms with E-state index in [1.54, 1.807) is 0 Å². The second kappa shape index (κ2) is 5.58. The average molecular weight is 268 g/mol. The molecule has 3 rings (SSSR count). The van der Waals surface area contributed by atoms with Crippen LogP contribution in [0, 0.1) is 17.2 Å². The molecule has 2 saturated carbocycles. The summed E-state index contributed by atoms with van der Waals surface area (Å²) in [6, 6.07) is 14.1. The minimum Gasteiger partial charge on any atom is -0.311 e. The van der Waals surface area contributed by atoms with E-state index in [0.717, 1.165) is 18.8 Å². The van der Waals surface area contributed by atoms with Crippen molar-refractivity contribution < 1.29 is 0 Å². The van der Waals surface area contributed by atoms with Crippen molar-refractivity contribution in [3.63, 3.8) is 0 Å². The summed E-state index contributed by atoms with van der Waals surface area (Å²) in [7, 11) is 0. The Morgan fingerprint density at radius 3 is 2.30 bits per heavy atom. The van der Waals surface area contributed by atoms with E-state index in [1.807, 2.05) is 18.2 Å². The maximum Gasteiger partial charge on any atom is 0.0852 e. The van der Waals surface area contributed by atoms with Crippen LogP contribution in [0.25, 0.3) is 0 Å². The van der Waals surface area contributed by atoms with Crippen molar-refractivity contribution in [3.8, 4) is 6.07 Å². The topological polar surface area (TPSA) is 35.8 Å². The van der Waals surface area contributed by atoms with E-state index in [-0.39, 0.29) is 5.41 Å². The third-order valence-electron chi connectivity index (χ3n) is 5.22. The van der Waals surface area contributed by atoms with Gasteiger partial charge in [0.05, 0.1) is 11.5 Å². The number of hydrogen-bond acceptors (Lipinski definition) is 2. The Labute approximate surface area is 122 Å². The zero-order valence-electron chi connectivity index (χ0n) is 12.3. The quantitative estimate of drug-likeness (QED) is 0.905. The fourth-order valence-corrected chi connectivity index (χ4v) is 3.81. The summed E-state index contributed by atoms with van der Waals surface area (Å²) >= 11 is 0. The largest absolute Gasteiger partial charge is 0.311 e. The molecular formula is C18H24N2. The van der Waals surface area contributed by atoms with E-state index in [9.17, 15) is 5.26 Å². The molecule has 2 nitrogen and oxygen atoms in total. The average Bonchev–Trinajstić information content (AvgIpc) is 2.45. The highest BCUT2D eigenvalue weighted by atomic mass is 15.0. The van der Waals surface area contributed by atoms with E-state index in [2.05, 4.69) is 30.4 Å². The van der Waals surface area contributed by atoms with E-state index < -0.39 is 0 Å². The smallest absolute Gasteiger partial charge is 0.0852 e. The predicted molar refractivity (Wildman–Crippen MR) is 81.3 cm³/mol. The van der Waals surface area contributed by atoms with Gasteiger partial charge in [-0.15, -0.1) is 0 Å².